The van der Waals surface area contributed by atoms with E-state index < -0.39 is 0 Å². The van der Waals surface area contributed by atoms with Crippen molar-refractivity contribution in [2.45, 2.75) is 25.8 Å². The molecule has 0 aliphatic heterocycles. The predicted molar refractivity (Wildman–Crippen MR) is 65.4 cm³/mol. The maximum absolute atomic E-state index is 5.27. The zero-order valence-electron chi connectivity index (χ0n) is 10.1. The Morgan fingerprint density at radius 3 is 2.44 bits per heavy atom. The van der Waals surface area contributed by atoms with E-state index in [1.165, 1.54) is 12.8 Å². The molecule has 1 fully saturated rings. The van der Waals surface area contributed by atoms with E-state index in [1.54, 1.807) is 14.2 Å². The lowest BCUT2D eigenvalue weighted by Gasteiger charge is -2.16. The second-order valence-electron chi connectivity index (χ2n) is 4.34. The van der Waals surface area contributed by atoms with Gasteiger partial charge in [0, 0.05) is 17.8 Å². The fraction of sp³-hybridized carbons (Fsp3) is 0.538. The monoisotopic (exact) mass is 221 g/mol. The van der Waals surface area contributed by atoms with Gasteiger partial charge < -0.3 is 14.8 Å². The lowest BCUT2D eigenvalue weighted by atomic mass is 10.2. The van der Waals surface area contributed by atoms with Crippen LogP contribution in [0, 0.1) is 5.92 Å². The predicted octanol–water partition coefficient (Wildman–Crippen LogP) is 2.91. The van der Waals surface area contributed by atoms with E-state index in [-0.39, 0.29) is 0 Å². The summed E-state index contributed by atoms with van der Waals surface area (Å²) in [5, 5.41) is 3.49. The van der Waals surface area contributed by atoms with Crippen molar-refractivity contribution in [3.63, 3.8) is 0 Å². The van der Waals surface area contributed by atoms with Crippen LogP contribution >= 0.6 is 0 Å². The molecule has 3 heteroatoms. The molecule has 1 N–H and O–H groups in total. The molecule has 0 amide bonds. The van der Waals surface area contributed by atoms with Gasteiger partial charge >= 0.3 is 0 Å². The van der Waals surface area contributed by atoms with Crippen LogP contribution in [0.5, 0.6) is 11.5 Å². The van der Waals surface area contributed by atoms with Gasteiger partial charge in [0.25, 0.3) is 0 Å². The molecule has 0 bridgehead atoms. The van der Waals surface area contributed by atoms with Crippen molar-refractivity contribution >= 4 is 5.69 Å². The third kappa shape index (κ3) is 2.40. The second kappa shape index (κ2) is 4.64. The molecule has 0 aromatic heterocycles. The molecule has 1 aromatic carbocycles. The van der Waals surface area contributed by atoms with E-state index in [4.69, 9.17) is 9.47 Å². The zero-order valence-corrected chi connectivity index (χ0v) is 10.1. The molecule has 3 nitrogen and oxygen atoms in total. The summed E-state index contributed by atoms with van der Waals surface area (Å²) in [6.07, 6.45) is 2.70. The largest absolute Gasteiger partial charge is 0.493 e. The highest BCUT2D eigenvalue weighted by molar-refractivity contribution is 5.55. The number of rotatable bonds is 5. The maximum atomic E-state index is 5.27. The average Bonchev–Trinajstić information content (AvgIpc) is 3.12. The molecule has 1 unspecified atom stereocenters. The summed E-state index contributed by atoms with van der Waals surface area (Å²) in [6, 6.07) is 6.48. The van der Waals surface area contributed by atoms with E-state index in [9.17, 15) is 0 Å². The fourth-order valence-electron chi connectivity index (χ4n) is 1.90. The minimum absolute atomic E-state index is 0.540. The fourth-order valence-corrected chi connectivity index (χ4v) is 1.90. The Morgan fingerprint density at radius 1 is 1.19 bits per heavy atom. The summed E-state index contributed by atoms with van der Waals surface area (Å²) < 4.78 is 10.5. The van der Waals surface area contributed by atoms with Crippen LogP contribution in [0.15, 0.2) is 18.2 Å². The van der Waals surface area contributed by atoms with Gasteiger partial charge in [-0.15, -0.1) is 0 Å². The molecule has 0 spiro atoms. The summed E-state index contributed by atoms with van der Waals surface area (Å²) in [6.45, 7) is 2.23. The van der Waals surface area contributed by atoms with E-state index >= 15 is 0 Å². The summed E-state index contributed by atoms with van der Waals surface area (Å²) in [7, 11) is 3.31. The Hall–Kier alpha value is -1.38. The van der Waals surface area contributed by atoms with Gasteiger partial charge in [-0.1, -0.05) is 0 Å². The molecule has 1 saturated carbocycles. The highest BCUT2D eigenvalue weighted by Crippen LogP contribution is 2.35. The van der Waals surface area contributed by atoms with Crippen molar-refractivity contribution in [3.05, 3.63) is 18.2 Å². The molecule has 1 aliphatic rings. The van der Waals surface area contributed by atoms with Gasteiger partial charge in [0.1, 0.15) is 0 Å². The van der Waals surface area contributed by atoms with Gasteiger partial charge in [0.2, 0.25) is 0 Å². The van der Waals surface area contributed by atoms with Gasteiger partial charge in [-0.25, -0.2) is 0 Å². The molecule has 2 rings (SSSR count). The Bertz CT molecular complexity index is 361. The Labute approximate surface area is 96.8 Å². The standard InChI is InChI=1S/C13H19NO2/c1-9(10-4-5-10)14-11-6-7-12(15-2)13(8-11)16-3/h6-10,14H,4-5H2,1-3H3. The molecule has 16 heavy (non-hydrogen) atoms. The van der Waals surface area contributed by atoms with Gasteiger partial charge in [0.05, 0.1) is 14.2 Å². The quantitative estimate of drug-likeness (QED) is 0.829. The number of anilines is 1. The van der Waals surface area contributed by atoms with Crippen LogP contribution < -0.4 is 14.8 Å². The van der Waals surface area contributed by atoms with E-state index in [0.29, 0.717) is 6.04 Å². The molecular formula is C13H19NO2. The van der Waals surface area contributed by atoms with E-state index in [0.717, 1.165) is 23.1 Å². The van der Waals surface area contributed by atoms with Crippen LogP contribution in [0.2, 0.25) is 0 Å². The minimum Gasteiger partial charge on any atom is -0.493 e. The SMILES string of the molecule is COc1ccc(NC(C)C2CC2)cc1OC. The number of hydrogen-bond donors (Lipinski definition) is 1. The van der Waals surface area contributed by atoms with Gasteiger partial charge in [0.15, 0.2) is 11.5 Å². The van der Waals surface area contributed by atoms with Crippen LogP contribution in [-0.4, -0.2) is 20.3 Å². The van der Waals surface area contributed by atoms with Gasteiger partial charge in [-0.3, -0.25) is 0 Å². The van der Waals surface area contributed by atoms with Crippen LogP contribution in [-0.2, 0) is 0 Å². The average molecular weight is 221 g/mol. The van der Waals surface area contributed by atoms with E-state index in [2.05, 4.69) is 12.2 Å². The van der Waals surface area contributed by atoms with Gasteiger partial charge in [-0.2, -0.15) is 0 Å². The van der Waals surface area contributed by atoms with Crippen molar-refractivity contribution in [1.82, 2.24) is 0 Å². The topological polar surface area (TPSA) is 30.5 Å². The molecule has 1 atom stereocenters. The maximum Gasteiger partial charge on any atom is 0.162 e. The highest BCUT2D eigenvalue weighted by Gasteiger charge is 2.27. The Morgan fingerprint density at radius 2 is 1.88 bits per heavy atom. The number of ether oxygens (including phenoxy) is 2. The molecule has 1 aromatic rings. The third-order valence-electron chi connectivity index (χ3n) is 3.11. The number of methoxy groups -OCH3 is 2. The lowest BCUT2D eigenvalue weighted by Crippen LogP contribution is -2.17. The smallest absolute Gasteiger partial charge is 0.162 e. The Balaban J connectivity index is 2.08. The van der Waals surface area contributed by atoms with Crippen LogP contribution in [0.1, 0.15) is 19.8 Å². The second-order valence-corrected chi connectivity index (χ2v) is 4.34. The highest BCUT2D eigenvalue weighted by atomic mass is 16.5. The van der Waals surface area contributed by atoms with Crippen molar-refractivity contribution in [2.75, 3.05) is 19.5 Å². The summed E-state index contributed by atoms with van der Waals surface area (Å²) in [5.74, 6) is 2.38. The van der Waals surface area contributed by atoms with Crippen molar-refractivity contribution < 1.29 is 9.47 Å². The first-order valence-electron chi connectivity index (χ1n) is 5.73. The van der Waals surface area contributed by atoms with Crippen molar-refractivity contribution in [2.24, 2.45) is 5.92 Å². The summed E-state index contributed by atoms with van der Waals surface area (Å²) >= 11 is 0. The first-order valence-corrected chi connectivity index (χ1v) is 5.73. The molecular weight excluding hydrogens is 202 g/mol. The first-order chi connectivity index (χ1) is 7.74. The molecule has 0 saturated heterocycles. The van der Waals surface area contributed by atoms with E-state index in [1.807, 2.05) is 18.2 Å². The molecule has 1 aliphatic carbocycles. The van der Waals surface area contributed by atoms with Crippen molar-refractivity contribution in [1.29, 1.82) is 0 Å². The Kier molecular flexibility index (Phi) is 3.22. The third-order valence-corrected chi connectivity index (χ3v) is 3.11. The summed E-state index contributed by atoms with van der Waals surface area (Å²) in [5.41, 5.74) is 1.09. The van der Waals surface area contributed by atoms with Gasteiger partial charge in [-0.05, 0) is 37.8 Å². The number of nitrogens with one attached hydrogen (secondary N) is 1. The number of hydrogen-bond acceptors (Lipinski definition) is 3. The van der Waals surface area contributed by atoms with Crippen LogP contribution in [0.25, 0.3) is 0 Å². The first kappa shape index (κ1) is 11.1. The van der Waals surface area contributed by atoms with Crippen molar-refractivity contribution in [3.8, 4) is 11.5 Å². The van der Waals surface area contributed by atoms with Crippen LogP contribution in [0.4, 0.5) is 5.69 Å². The zero-order chi connectivity index (χ0) is 11.5. The lowest BCUT2D eigenvalue weighted by molar-refractivity contribution is 0.355. The number of benzene rings is 1. The minimum atomic E-state index is 0.540. The normalized spacial score (nSPS) is 16.7. The molecule has 0 heterocycles. The van der Waals surface area contributed by atoms with Crippen LogP contribution in [0.3, 0.4) is 0 Å². The molecule has 88 valence electrons. The summed E-state index contributed by atoms with van der Waals surface area (Å²) in [4.78, 5) is 0. The molecule has 0 radical (unpaired) electrons.